The highest BCUT2D eigenvalue weighted by atomic mass is 35.5. The van der Waals surface area contributed by atoms with Crippen molar-refractivity contribution in [3.05, 3.63) is 71.3 Å². The van der Waals surface area contributed by atoms with Crippen LogP contribution in [-0.2, 0) is 6.42 Å². The van der Waals surface area contributed by atoms with E-state index in [0.29, 0.717) is 17.6 Å². The molecule has 1 aliphatic rings. The number of rotatable bonds is 2. The third-order valence-corrected chi connectivity index (χ3v) is 5.91. The minimum Gasteiger partial charge on any atom is -0.424 e. The number of fused-ring (bicyclic) bond motifs is 3. The number of hydrogen-bond acceptors (Lipinski definition) is 6. The number of aromatic nitrogens is 3. The molecule has 2 N–H and O–H groups in total. The second kappa shape index (κ2) is 6.65. The lowest BCUT2D eigenvalue weighted by Gasteiger charge is -2.20. The predicted molar refractivity (Wildman–Crippen MR) is 119 cm³/mol. The number of nitrogens with two attached hydrogens (primary N) is 1. The molecule has 0 amide bonds. The molecule has 0 atom stereocenters. The molecule has 0 unspecified atom stereocenters. The van der Waals surface area contributed by atoms with Crippen LogP contribution in [0.3, 0.4) is 0 Å². The summed E-state index contributed by atoms with van der Waals surface area (Å²) < 4.78 is 19.3. The number of oxazole rings is 1. The van der Waals surface area contributed by atoms with Crippen LogP contribution in [0.5, 0.6) is 0 Å². The van der Waals surface area contributed by atoms with Crippen LogP contribution in [0.2, 0.25) is 5.02 Å². The lowest BCUT2D eigenvalue weighted by molar-refractivity contribution is 0.626. The number of nitrogens with zero attached hydrogens (tertiary/aromatic N) is 4. The maximum Gasteiger partial charge on any atom is 0.292 e. The average Bonchev–Trinajstić information content (AvgIpc) is 3.34. The molecule has 0 aliphatic carbocycles. The van der Waals surface area contributed by atoms with Gasteiger partial charge in [0, 0.05) is 17.6 Å². The van der Waals surface area contributed by atoms with Gasteiger partial charge in [-0.25, -0.2) is 14.4 Å². The molecule has 8 heteroatoms. The molecule has 0 saturated carbocycles. The van der Waals surface area contributed by atoms with E-state index in [1.54, 1.807) is 12.4 Å². The van der Waals surface area contributed by atoms with Crippen molar-refractivity contribution in [2.75, 3.05) is 17.2 Å². The highest BCUT2D eigenvalue weighted by Crippen LogP contribution is 2.39. The van der Waals surface area contributed by atoms with Crippen LogP contribution in [0, 0.1) is 5.82 Å². The first-order valence-corrected chi connectivity index (χ1v) is 10.1. The first-order valence-electron chi connectivity index (χ1n) is 9.73. The Balaban J connectivity index is 1.50. The van der Waals surface area contributed by atoms with Gasteiger partial charge in [0.1, 0.15) is 23.5 Å². The quantitative estimate of drug-likeness (QED) is 0.397. The van der Waals surface area contributed by atoms with E-state index in [1.165, 1.54) is 6.07 Å². The lowest BCUT2D eigenvalue weighted by Crippen LogP contribution is -2.15. The first-order chi connectivity index (χ1) is 15.1. The van der Waals surface area contributed by atoms with Gasteiger partial charge in [0.25, 0.3) is 6.01 Å². The molecule has 1 aliphatic heterocycles. The fourth-order valence-corrected chi connectivity index (χ4v) is 4.32. The highest BCUT2D eigenvalue weighted by molar-refractivity contribution is 6.31. The van der Waals surface area contributed by atoms with E-state index in [-0.39, 0.29) is 11.0 Å². The summed E-state index contributed by atoms with van der Waals surface area (Å²) in [7, 11) is 0. The minimum absolute atomic E-state index is 0.102. The van der Waals surface area contributed by atoms with Crippen LogP contribution in [0.15, 0.2) is 59.3 Å². The number of halogens is 2. The fraction of sp³-hybridized carbons (Fsp3) is 0.0870. The monoisotopic (exact) mass is 431 g/mol. The van der Waals surface area contributed by atoms with Gasteiger partial charge >= 0.3 is 0 Å². The number of benzene rings is 3. The molecule has 0 bridgehead atoms. The Morgan fingerprint density at radius 1 is 1.00 bits per heavy atom. The van der Waals surface area contributed by atoms with Gasteiger partial charge in [-0.05, 0) is 59.5 Å². The van der Waals surface area contributed by atoms with Crippen molar-refractivity contribution in [2.45, 2.75) is 6.42 Å². The van der Waals surface area contributed by atoms with Crippen LogP contribution in [0.4, 0.5) is 21.9 Å². The Labute approximate surface area is 181 Å². The van der Waals surface area contributed by atoms with E-state index in [1.807, 2.05) is 30.3 Å². The van der Waals surface area contributed by atoms with Gasteiger partial charge in [-0.15, -0.1) is 0 Å². The molecule has 2 aromatic heterocycles. The van der Waals surface area contributed by atoms with E-state index in [0.717, 1.165) is 45.5 Å². The van der Waals surface area contributed by atoms with Gasteiger partial charge in [-0.3, -0.25) is 0 Å². The van der Waals surface area contributed by atoms with Crippen molar-refractivity contribution in [3.8, 4) is 11.1 Å². The van der Waals surface area contributed by atoms with Crippen LogP contribution in [0.25, 0.3) is 33.1 Å². The van der Waals surface area contributed by atoms with Crippen LogP contribution in [-0.4, -0.2) is 21.5 Å². The summed E-state index contributed by atoms with van der Waals surface area (Å²) in [6.45, 7) is 0.690. The average molecular weight is 432 g/mol. The van der Waals surface area contributed by atoms with E-state index in [2.05, 4.69) is 25.9 Å². The summed E-state index contributed by atoms with van der Waals surface area (Å²) >= 11 is 6.06. The summed E-state index contributed by atoms with van der Waals surface area (Å²) in [5, 5.41) is 0.998. The summed E-state index contributed by atoms with van der Waals surface area (Å²) in [6, 6.07) is 15.1. The maximum atomic E-state index is 13.9. The molecule has 0 fully saturated rings. The maximum absolute atomic E-state index is 13.9. The second-order valence-corrected chi connectivity index (χ2v) is 7.87. The topological polar surface area (TPSA) is 81.1 Å². The molecule has 0 saturated heterocycles. The minimum atomic E-state index is -0.402. The van der Waals surface area contributed by atoms with Crippen LogP contribution < -0.4 is 10.6 Å². The summed E-state index contributed by atoms with van der Waals surface area (Å²) in [4.78, 5) is 15.3. The van der Waals surface area contributed by atoms with E-state index >= 15 is 0 Å². The third kappa shape index (κ3) is 2.89. The van der Waals surface area contributed by atoms with Gasteiger partial charge < -0.3 is 15.1 Å². The Morgan fingerprint density at radius 2 is 1.84 bits per heavy atom. The SMILES string of the molecule is Nc1nc2cc(-c3ccc4ncnc(N5CCc6cc(F)c(Cl)cc65)c4c3)ccc2o1. The zero-order chi connectivity index (χ0) is 21.1. The number of nitrogen functional groups attached to an aromatic ring is 1. The van der Waals surface area contributed by atoms with Crippen LogP contribution in [0.1, 0.15) is 5.56 Å². The van der Waals surface area contributed by atoms with Crippen molar-refractivity contribution in [2.24, 2.45) is 0 Å². The van der Waals surface area contributed by atoms with Crippen molar-refractivity contribution in [1.29, 1.82) is 0 Å². The van der Waals surface area contributed by atoms with E-state index in [4.69, 9.17) is 21.8 Å². The van der Waals surface area contributed by atoms with E-state index in [9.17, 15) is 4.39 Å². The number of hydrogen-bond donors (Lipinski definition) is 1. The third-order valence-electron chi connectivity index (χ3n) is 5.62. The molecule has 152 valence electrons. The zero-order valence-electron chi connectivity index (χ0n) is 16.1. The molecule has 3 heterocycles. The molecule has 3 aromatic carbocycles. The lowest BCUT2D eigenvalue weighted by atomic mass is 10.0. The second-order valence-electron chi connectivity index (χ2n) is 7.46. The molecule has 31 heavy (non-hydrogen) atoms. The van der Waals surface area contributed by atoms with E-state index < -0.39 is 5.82 Å². The Hall–Kier alpha value is -3.71. The van der Waals surface area contributed by atoms with Crippen molar-refractivity contribution < 1.29 is 8.81 Å². The molecule has 0 spiro atoms. The van der Waals surface area contributed by atoms with Crippen molar-refractivity contribution >= 4 is 51.1 Å². The highest BCUT2D eigenvalue weighted by Gasteiger charge is 2.25. The molecule has 5 aromatic rings. The summed E-state index contributed by atoms with van der Waals surface area (Å²) in [5.41, 5.74) is 11.6. The molecular weight excluding hydrogens is 417 g/mol. The Morgan fingerprint density at radius 3 is 2.74 bits per heavy atom. The van der Waals surface area contributed by atoms with Gasteiger partial charge in [0.05, 0.1) is 10.5 Å². The molecule has 6 nitrogen and oxygen atoms in total. The standard InChI is InChI=1S/C23H15ClFN5O/c24-16-10-20-14(8-17(16)25)5-6-30(20)22-15-7-12(1-3-18(15)27-11-28-22)13-2-4-21-19(9-13)29-23(26)31-21/h1-4,7-11H,5-6H2,(H2,26,29). The Kier molecular flexibility index (Phi) is 3.88. The number of anilines is 3. The van der Waals surface area contributed by atoms with Crippen molar-refractivity contribution in [3.63, 3.8) is 0 Å². The van der Waals surface area contributed by atoms with Gasteiger partial charge in [-0.1, -0.05) is 23.7 Å². The molecular formula is C23H15ClFN5O. The van der Waals surface area contributed by atoms with Gasteiger partial charge in [-0.2, -0.15) is 4.98 Å². The zero-order valence-corrected chi connectivity index (χ0v) is 16.9. The fourth-order valence-electron chi connectivity index (χ4n) is 4.16. The predicted octanol–water partition coefficient (Wildman–Crippen LogP) is 5.51. The van der Waals surface area contributed by atoms with Crippen LogP contribution >= 0.6 is 11.6 Å². The Bertz CT molecular complexity index is 1500. The molecule has 0 radical (unpaired) electrons. The van der Waals surface area contributed by atoms with Crippen molar-refractivity contribution in [1.82, 2.24) is 15.0 Å². The van der Waals surface area contributed by atoms with Gasteiger partial charge in [0.2, 0.25) is 0 Å². The largest absolute Gasteiger partial charge is 0.424 e. The molecule has 6 rings (SSSR count). The smallest absolute Gasteiger partial charge is 0.292 e. The van der Waals surface area contributed by atoms with Gasteiger partial charge in [0.15, 0.2) is 5.58 Å². The first kappa shape index (κ1) is 18.1. The summed E-state index contributed by atoms with van der Waals surface area (Å²) in [5.74, 6) is 0.362. The normalized spacial score (nSPS) is 13.3. The summed E-state index contributed by atoms with van der Waals surface area (Å²) in [6.07, 6.45) is 2.27.